The number of aromatic nitrogens is 2. The van der Waals surface area contributed by atoms with E-state index in [1.165, 1.54) is 11.8 Å². The number of nitriles is 4. The van der Waals surface area contributed by atoms with Crippen molar-refractivity contribution < 1.29 is 0 Å². The molecule has 0 bridgehead atoms. The molecule has 2 unspecified atom stereocenters. The highest BCUT2D eigenvalue weighted by Gasteiger charge is 2.33. The van der Waals surface area contributed by atoms with Gasteiger partial charge in [0, 0.05) is 42.4 Å². The Labute approximate surface area is 414 Å². The quantitative estimate of drug-likeness (QED) is 0.151. The van der Waals surface area contributed by atoms with Crippen molar-refractivity contribution in [3.8, 4) is 74.5 Å². The van der Waals surface area contributed by atoms with Gasteiger partial charge < -0.3 is 9.13 Å². The maximum atomic E-state index is 11.0. The van der Waals surface area contributed by atoms with Crippen LogP contribution in [0.4, 0.5) is 0 Å². The van der Waals surface area contributed by atoms with Crippen LogP contribution in [0.15, 0.2) is 234 Å². The number of benzene rings is 9. The number of thioether (sulfide) groups is 1. The predicted molar refractivity (Wildman–Crippen MR) is 287 cm³/mol. The predicted octanol–water partition coefficient (Wildman–Crippen LogP) is 16.1. The minimum Gasteiger partial charge on any atom is -0.330 e. The van der Waals surface area contributed by atoms with Crippen molar-refractivity contribution >= 4 is 55.4 Å². The van der Waals surface area contributed by atoms with Crippen LogP contribution in [-0.2, 0) is 0 Å². The first-order valence-corrected chi connectivity index (χ1v) is 24.1. The maximum absolute atomic E-state index is 11.0. The fourth-order valence-electron chi connectivity index (χ4n) is 10.4. The van der Waals surface area contributed by atoms with Crippen LogP contribution in [0.2, 0.25) is 0 Å². The van der Waals surface area contributed by atoms with Crippen molar-refractivity contribution in [3.05, 3.63) is 240 Å². The minimum absolute atomic E-state index is 0.329. The number of hydrogen-bond acceptors (Lipinski definition) is 5. The van der Waals surface area contributed by atoms with E-state index in [4.69, 9.17) is 0 Å². The third-order valence-electron chi connectivity index (χ3n) is 13.6. The van der Waals surface area contributed by atoms with Crippen LogP contribution >= 0.6 is 11.8 Å². The van der Waals surface area contributed by atoms with Gasteiger partial charge in [0.2, 0.25) is 0 Å². The second-order valence-corrected chi connectivity index (χ2v) is 18.8. The Morgan fingerprint density at radius 1 is 0.394 bits per heavy atom. The zero-order chi connectivity index (χ0) is 48.0. The summed E-state index contributed by atoms with van der Waals surface area (Å²) in [7, 11) is 0. The molecule has 0 aliphatic heterocycles. The number of rotatable bonds is 8. The van der Waals surface area contributed by atoms with Gasteiger partial charge in [-0.3, -0.25) is 0 Å². The normalized spacial score (nSPS) is 14.4. The Morgan fingerprint density at radius 3 is 1.14 bits per heavy atom. The Hall–Kier alpha value is -9.63. The second kappa shape index (κ2) is 17.8. The molecular weight excluding hydrogens is 885 g/mol. The highest BCUT2D eigenvalue weighted by molar-refractivity contribution is 8.03. The molecular formula is C64H38N6S. The van der Waals surface area contributed by atoms with Crippen LogP contribution in [0, 0.1) is 51.2 Å². The first-order chi connectivity index (χ1) is 35.0. The van der Waals surface area contributed by atoms with E-state index in [0.29, 0.717) is 32.2 Å². The van der Waals surface area contributed by atoms with Gasteiger partial charge in [0.1, 0.15) is 12.1 Å². The molecule has 0 fully saturated rings. The molecule has 2 atom stereocenters. The van der Waals surface area contributed by atoms with E-state index in [9.17, 15) is 21.0 Å². The van der Waals surface area contributed by atoms with Crippen molar-refractivity contribution in [1.29, 1.82) is 21.0 Å². The minimum atomic E-state index is -0.720. The van der Waals surface area contributed by atoms with E-state index in [2.05, 4.69) is 150 Å². The summed E-state index contributed by atoms with van der Waals surface area (Å²) in [5.74, 6) is -0.720. The lowest BCUT2D eigenvalue weighted by Gasteiger charge is -2.27. The standard InChI is InChI=1S/C64H38N6S/c65-37-49-29-53(30-50(38-66)63(49)69-59-25-21-45(41-13-5-1-6-14-41)33-55(59)56-34-46(22-26-60(56)69)42-15-7-2-8-16-42)71-54-31-51(39-67)64(52(32-54)40-68)70-61-27-23-47(43-17-9-3-10-18-43)35-57(61)58-36-48(24-28-62(58)70)44-19-11-4-12-20-44/h1-36,49,63H. The third-order valence-corrected chi connectivity index (χ3v) is 14.6. The molecule has 2 aromatic heterocycles. The van der Waals surface area contributed by atoms with Crippen molar-refractivity contribution in [3.63, 3.8) is 0 Å². The van der Waals surface area contributed by atoms with Gasteiger partial charge in [-0.1, -0.05) is 163 Å². The van der Waals surface area contributed by atoms with Crippen molar-refractivity contribution in [1.82, 2.24) is 9.13 Å². The average molecular weight is 923 g/mol. The lowest BCUT2D eigenvalue weighted by Crippen LogP contribution is -2.21. The summed E-state index contributed by atoms with van der Waals surface area (Å²) in [6.45, 7) is 0. The maximum Gasteiger partial charge on any atom is 0.101 e. The Bertz CT molecular complexity index is 3950. The van der Waals surface area contributed by atoms with E-state index >= 15 is 0 Å². The van der Waals surface area contributed by atoms with Crippen LogP contribution < -0.4 is 0 Å². The smallest absolute Gasteiger partial charge is 0.101 e. The molecule has 0 spiro atoms. The largest absolute Gasteiger partial charge is 0.330 e. The first kappa shape index (κ1) is 42.7. The molecule has 0 saturated heterocycles. The molecule has 1 aliphatic carbocycles. The molecule has 0 radical (unpaired) electrons. The molecule has 0 saturated carbocycles. The van der Waals surface area contributed by atoms with E-state index in [1.807, 2.05) is 102 Å². The van der Waals surface area contributed by atoms with Crippen molar-refractivity contribution in [2.45, 2.75) is 10.9 Å². The summed E-state index contributed by atoms with van der Waals surface area (Å²) < 4.78 is 4.20. The van der Waals surface area contributed by atoms with Gasteiger partial charge in [0.15, 0.2) is 0 Å². The Morgan fingerprint density at radius 2 is 0.775 bits per heavy atom. The monoisotopic (exact) mass is 922 g/mol. The SMILES string of the molecule is N#CC1=CC(Sc2cc(C#N)c(-n3c4ccc(-c5ccccc5)cc4c4cc(-c5ccccc5)ccc43)c(C#N)c2)=CC(C#N)C1n1c2ccc(-c3ccccc3)cc2c2cc(-c3ccccc3)ccc21. The lowest BCUT2D eigenvalue weighted by molar-refractivity contribution is 0.541. The van der Waals surface area contributed by atoms with Crippen LogP contribution in [0.5, 0.6) is 0 Å². The van der Waals surface area contributed by atoms with E-state index in [0.717, 1.165) is 88.1 Å². The Balaban J connectivity index is 0.957. The highest BCUT2D eigenvalue weighted by Crippen LogP contribution is 2.46. The molecule has 12 rings (SSSR count). The van der Waals surface area contributed by atoms with Gasteiger partial charge in [0.05, 0.1) is 57.5 Å². The van der Waals surface area contributed by atoms with Gasteiger partial charge in [-0.05, 0) is 111 Å². The van der Waals surface area contributed by atoms with Gasteiger partial charge in [0.25, 0.3) is 0 Å². The number of nitrogens with zero attached hydrogens (tertiary/aromatic N) is 6. The lowest BCUT2D eigenvalue weighted by atomic mass is 9.89. The second-order valence-electron chi connectivity index (χ2n) is 17.7. The molecule has 1 aliphatic rings. The molecule has 9 aromatic carbocycles. The number of hydrogen-bond donors (Lipinski definition) is 0. The molecule has 0 amide bonds. The van der Waals surface area contributed by atoms with Crippen LogP contribution in [0.3, 0.4) is 0 Å². The van der Waals surface area contributed by atoms with E-state index in [-0.39, 0.29) is 0 Å². The summed E-state index contributed by atoms with van der Waals surface area (Å²) in [4.78, 5) is 1.33. The average Bonchev–Trinajstić information content (AvgIpc) is 3.94. The highest BCUT2D eigenvalue weighted by atomic mass is 32.2. The zero-order valence-corrected chi connectivity index (χ0v) is 38.8. The molecule has 7 heteroatoms. The molecule has 11 aromatic rings. The van der Waals surface area contributed by atoms with Crippen LogP contribution in [-0.4, -0.2) is 9.13 Å². The molecule has 2 heterocycles. The van der Waals surface area contributed by atoms with Gasteiger partial charge in [-0.25, -0.2) is 0 Å². The van der Waals surface area contributed by atoms with Gasteiger partial charge in [-0.15, -0.1) is 0 Å². The zero-order valence-electron chi connectivity index (χ0n) is 38.0. The Kier molecular flexibility index (Phi) is 10.7. The number of fused-ring (bicyclic) bond motifs is 6. The third kappa shape index (κ3) is 7.43. The fourth-order valence-corrected chi connectivity index (χ4v) is 11.4. The van der Waals surface area contributed by atoms with Crippen molar-refractivity contribution in [2.24, 2.45) is 5.92 Å². The summed E-state index contributed by atoms with van der Waals surface area (Å²) in [6, 6.07) is 79.5. The van der Waals surface area contributed by atoms with E-state index in [1.54, 1.807) is 0 Å². The fraction of sp³-hybridized carbons (Fsp3) is 0.0312. The molecule has 71 heavy (non-hydrogen) atoms. The summed E-state index contributed by atoms with van der Waals surface area (Å²) in [6.07, 6.45) is 3.77. The van der Waals surface area contributed by atoms with Gasteiger partial charge in [-0.2, -0.15) is 21.0 Å². The van der Waals surface area contributed by atoms with E-state index < -0.39 is 12.0 Å². The van der Waals surface area contributed by atoms with Crippen LogP contribution in [0.25, 0.3) is 93.8 Å². The molecule has 6 nitrogen and oxygen atoms in total. The summed E-state index contributed by atoms with van der Waals surface area (Å²) in [5, 5.41) is 47.9. The van der Waals surface area contributed by atoms with Crippen LogP contribution in [0.1, 0.15) is 17.2 Å². The summed E-state index contributed by atoms with van der Waals surface area (Å²) in [5.41, 5.74) is 13.8. The van der Waals surface area contributed by atoms with Crippen molar-refractivity contribution in [2.75, 3.05) is 0 Å². The molecule has 0 N–H and O–H groups in total. The number of allylic oxidation sites excluding steroid dienone is 3. The summed E-state index contributed by atoms with van der Waals surface area (Å²) >= 11 is 1.34. The topological polar surface area (TPSA) is 105 Å². The molecule has 330 valence electrons. The van der Waals surface area contributed by atoms with Gasteiger partial charge >= 0.3 is 0 Å². The first-order valence-electron chi connectivity index (χ1n) is 23.3.